The van der Waals surface area contributed by atoms with Gasteiger partial charge in [0.2, 0.25) is 5.91 Å². The molecule has 1 aromatic rings. The number of hydrogen-bond donors (Lipinski definition) is 1. The Morgan fingerprint density at radius 2 is 2.11 bits per heavy atom. The molecule has 0 aliphatic carbocycles. The minimum absolute atomic E-state index is 0.107. The second-order valence-corrected chi connectivity index (χ2v) is 4.86. The van der Waals surface area contributed by atoms with Crippen molar-refractivity contribution in [2.45, 2.75) is 26.0 Å². The van der Waals surface area contributed by atoms with E-state index in [1.165, 1.54) is 0 Å². The van der Waals surface area contributed by atoms with E-state index in [0.29, 0.717) is 26.4 Å². The zero-order valence-electron chi connectivity index (χ0n) is 11.4. The van der Waals surface area contributed by atoms with Crippen LogP contribution in [0.3, 0.4) is 0 Å². The van der Waals surface area contributed by atoms with Crippen molar-refractivity contribution in [2.75, 3.05) is 20.3 Å². The SMILES string of the molecule is COCc1cccc(CNC(=O)C2CCOCC2)c1. The summed E-state index contributed by atoms with van der Waals surface area (Å²) in [4.78, 5) is 12.0. The van der Waals surface area contributed by atoms with Crippen molar-refractivity contribution in [3.8, 4) is 0 Å². The molecule has 1 aromatic carbocycles. The summed E-state index contributed by atoms with van der Waals surface area (Å²) in [5.41, 5.74) is 2.23. The predicted molar refractivity (Wildman–Crippen MR) is 72.5 cm³/mol. The van der Waals surface area contributed by atoms with Crippen LogP contribution >= 0.6 is 0 Å². The Bertz CT molecular complexity index is 414. The molecule has 4 heteroatoms. The molecule has 0 bridgehead atoms. The van der Waals surface area contributed by atoms with Crippen LogP contribution in [-0.4, -0.2) is 26.2 Å². The first kappa shape index (κ1) is 14.0. The molecule has 0 spiro atoms. The minimum atomic E-state index is 0.107. The van der Waals surface area contributed by atoms with Crippen LogP contribution in [0.4, 0.5) is 0 Å². The Labute approximate surface area is 114 Å². The molecule has 0 saturated carbocycles. The fourth-order valence-electron chi connectivity index (χ4n) is 2.29. The molecule has 1 N–H and O–H groups in total. The van der Waals surface area contributed by atoms with Gasteiger partial charge in [-0.05, 0) is 24.0 Å². The standard InChI is InChI=1S/C15H21NO3/c1-18-11-13-4-2-3-12(9-13)10-16-15(17)14-5-7-19-8-6-14/h2-4,9,14H,5-8,10-11H2,1H3,(H,16,17). The van der Waals surface area contributed by atoms with E-state index < -0.39 is 0 Å². The fraction of sp³-hybridized carbons (Fsp3) is 0.533. The molecule has 104 valence electrons. The van der Waals surface area contributed by atoms with Gasteiger partial charge in [0.1, 0.15) is 0 Å². The van der Waals surface area contributed by atoms with Crippen molar-refractivity contribution in [1.29, 1.82) is 0 Å². The van der Waals surface area contributed by atoms with Crippen molar-refractivity contribution in [3.05, 3.63) is 35.4 Å². The number of nitrogens with one attached hydrogen (secondary N) is 1. The molecule has 1 aliphatic rings. The lowest BCUT2D eigenvalue weighted by molar-refractivity contribution is -0.128. The Balaban J connectivity index is 1.83. The molecule has 1 aliphatic heterocycles. The first-order valence-electron chi connectivity index (χ1n) is 6.72. The van der Waals surface area contributed by atoms with E-state index in [4.69, 9.17) is 9.47 Å². The monoisotopic (exact) mass is 263 g/mol. The number of carbonyl (C=O) groups is 1. The van der Waals surface area contributed by atoms with Crippen LogP contribution in [0.5, 0.6) is 0 Å². The predicted octanol–water partition coefficient (Wildman–Crippen LogP) is 1.88. The van der Waals surface area contributed by atoms with Crippen molar-refractivity contribution >= 4 is 5.91 Å². The van der Waals surface area contributed by atoms with E-state index >= 15 is 0 Å². The van der Waals surface area contributed by atoms with Gasteiger partial charge in [-0.2, -0.15) is 0 Å². The van der Waals surface area contributed by atoms with Crippen LogP contribution in [0.1, 0.15) is 24.0 Å². The van der Waals surface area contributed by atoms with Crippen molar-refractivity contribution in [1.82, 2.24) is 5.32 Å². The average molecular weight is 263 g/mol. The lowest BCUT2D eigenvalue weighted by Crippen LogP contribution is -2.33. The van der Waals surface area contributed by atoms with Gasteiger partial charge in [0, 0.05) is 32.8 Å². The quantitative estimate of drug-likeness (QED) is 0.882. The molecule has 19 heavy (non-hydrogen) atoms. The molecule has 0 radical (unpaired) electrons. The van der Waals surface area contributed by atoms with Crippen LogP contribution < -0.4 is 5.32 Å². The van der Waals surface area contributed by atoms with Crippen molar-refractivity contribution < 1.29 is 14.3 Å². The summed E-state index contributed by atoms with van der Waals surface area (Å²) in [5.74, 6) is 0.247. The number of ether oxygens (including phenoxy) is 2. The highest BCUT2D eigenvalue weighted by molar-refractivity contribution is 5.78. The zero-order valence-corrected chi connectivity index (χ0v) is 11.4. The van der Waals surface area contributed by atoms with Crippen LogP contribution in [0.25, 0.3) is 0 Å². The van der Waals surface area contributed by atoms with Gasteiger partial charge in [-0.15, -0.1) is 0 Å². The molecule has 0 atom stereocenters. The Hall–Kier alpha value is -1.39. The third kappa shape index (κ3) is 4.33. The number of benzene rings is 1. The highest BCUT2D eigenvalue weighted by Crippen LogP contribution is 2.15. The van der Waals surface area contributed by atoms with Crippen LogP contribution in [0.2, 0.25) is 0 Å². The fourth-order valence-corrected chi connectivity index (χ4v) is 2.29. The first-order chi connectivity index (χ1) is 9.29. The van der Waals surface area contributed by atoms with Crippen LogP contribution in [0.15, 0.2) is 24.3 Å². The lowest BCUT2D eigenvalue weighted by Gasteiger charge is -2.21. The summed E-state index contributed by atoms with van der Waals surface area (Å²) in [5, 5.41) is 3.00. The third-order valence-electron chi connectivity index (χ3n) is 3.36. The highest BCUT2D eigenvalue weighted by Gasteiger charge is 2.20. The maximum Gasteiger partial charge on any atom is 0.223 e. The molecule has 0 aromatic heterocycles. The number of methoxy groups -OCH3 is 1. The lowest BCUT2D eigenvalue weighted by atomic mass is 9.99. The van der Waals surface area contributed by atoms with Gasteiger partial charge >= 0.3 is 0 Å². The summed E-state index contributed by atoms with van der Waals surface area (Å²) in [7, 11) is 1.68. The van der Waals surface area contributed by atoms with Gasteiger partial charge in [-0.1, -0.05) is 24.3 Å². The second kappa shape index (κ2) is 7.26. The van der Waals surface area contributed by atoms with Gasteiger partial charge in [-0.25, -0.2) is 0 Å². The Kier molecular flexibility index (Phi) is 5.36. The maximum absolute atomic E-state index is 12.0. The highest BCUT2D eigenvalue weighted by atomic mass is 16.5. The Morgan fingerprint density at radius 1 is 1.37 bits per heavy atom. The summed E-state index contributed by atoms with van der Waals surface area (Å²) >= 11 is 0. The molecule has 2 rings (SSSR count). The molecular formula is C15H21NO3. The molecular weight excluding hydrogens is 242 g/mol. The minimum Gasteiger partial charge on any atom is -0.381 e. The molecule has 4 nitrogen and oxygen atoms in total. The van der Waals surface area contributed by atoms with Gasteiger partial charge < -0.3 is 14.8 Å². The van der Waals surface area contributed by atoms with E-state index in [9.17, 15) is 4.79 Å². The van der Waals surface area contributed by atoms with Crippen molar-refractivity contribution in [3.63, 3.8) is 0 Å². The van der Waals surface area contributed by atoms with E-state index in [-0.39, 0.29) is 11.8 Å². The molecule has 1 amide bonds. The number of carbonyl (C=O) groups excluding carboxylic acids is 1. The van der Waals surface area contributed by atoms with E-state index in [2.05, 4.69) is 11.4 Å². The second-order valence-electron chi connectivity index (χ2n) is 4.86. The van der Waals surface area contributed by atoms with E-state index in [0.717, 1.165) is 24.0 Å². The zero-order chi connectivity index (χ0) is 13.5. The Morgan fingerprint density at radius 3 is 2.84 bits per heavy atom. The smallest absolute Gasteiger partial charge is 0.223 e. The summed E-state index contributed by atoms with van der Waals surface area (Å²) in [6.07, 6.45) is 1.66. The number of rotatable bonds is 5. The van der Waals surface area contributed by atoms with Gasteiger partial charge in [0.25, 0.3) is 0 Å². The van der Waals surface area contributed by atoms with Crippen LogP contribution in [-0.2, 0) is 27.4 Å². The maximum atomic E-state index is 12.0. The van der Waals surface area contributed by atoms with Gasteiger partial charge in [0.15, 0.2) is 0 Å². The molecule has 1 heterocycles. The van der Waals surface area contributed by atoms with E-state index in [1.807, 2.05) is 18.2 Å². The summed E-state index contributed by atoms with van der Waals surface area (Å²) in [6, 6.07) is 8.09. The van der Waals surface area contributed by atoms with Gasteiger partial charge in [-0.3, -0.25) is 4.79 Å². The summed E-state index contributed by atoms with van der Waals surface area (Å²) in [6.45, 7) is 2.57. The molecule has 0 unspecified atom stereocenters. The largest absolute Gasteiger partial charge is 0.381 e. The van der Waals surface area contributed by atoms with Crippen LogP contribution in [0, 0.1) is 5.92 Å². The number of hydrogen-bond acceptors (Lipinski definition) is 3. The third-order valence-corrected chi connectivity index (χ3v) is 3.36. The molecule has 1 saturated heterocycles. The number of amides is 1. The summed E-state index contributed by atoms with van der Waals surface area (Å²) < 4.78 is 10.4. The van der Waals surface area contributed by atoms with Gasteiger partial charge in [0.05, 0.1) is 6.61 Å². The topological polar surface area (TPSA) is 47.6 Å². The first-order valence-corrected chi connectivity index (χ1v) is 6.72. The van der Waals surface area contributed by atoms with E-state index in [1.54, 1.807) is 7.11 Å². The average Bonchev–Trinajstić information content (AvgIpc) is 2.46. The van der Waals surface area contributed by atoms with Crippen molar-refractivity contribution in [2.24, 2.45) is 5.92 Å². The normalized spacial score (nSPS) is 16.3. The molecule has 1 fully saturated rings.